The van der Waals surface area contributed by atoms with Crippen molar-refractivity contribution in [3.05, 3.63) is 58.4 Å². The third-order valence-corrected chi connectivity index (χ3v) is 2.56. The summed E-state index contributed by atoms with van der Waals surface area (Å²) < 4.78 is 5.04. The lowest BCUT2D eigenvalue weighted by Crippen LogP contribution is -2.13. The molecule has 0 bridgehead atoms. The number of ether oxygens (including phenoxy) is 1. The van der Waals surface area contributed by atoms with Gasteiger partial charge in [-0.05, 0) is 18.2 Å². The number of hydrogen-bond donors (Lipinski definition) is 1. The smallest absolute Gasteiger partial charge is 0.270 e. The quantitative estimate of drug-likeness (QED) is 0.681. The van der Waals surface area contributed by atoms with E-state index in [0.29, 0.717) is 5.69 Å². The van der Waals surface area contributed by atoms with Crippen molar-refractivity contribution < 1.29 is 14.5 Å². The van der Waals surface area contributed by atoms with E-state index in [4.69, 9.17) is 4.74 Å². The predicted octanol–water partition coefficient (Wildman–Crippen LogP) is 2.25. The van der Waals surface area contributed by atoms with Crippen LogP contribution in [-0.2, 0) is 0 Å². The molecule has 7 nitrogen and oxygen atoms in total. The van der Waals surface area contributed by atoms with Gasteiger partial charge in [-0.1, -0.05) is 0 Å². The third-order valence-electron chi connectivity index (χ3n) is 2.56. The Morgan fingerprint density at radius 2 is 2.20 bits per heavy atom. The van der Waals surface area contributed by atoms with Crippen LogP contribution >= 0.6 is 0 Å². The van der Waals surface area contributed by atoms with E-state index < -0.39 is 10.8 Å². The summed E-state index contributed by atoms with van der Waals surface area (Å²) in [4.78, 5) is 26.2. The van der Waals surface area contributed by atoms with Crippen LogP contribution in [0.1, 0.15) is 10.4 Å². The fourth-order valence-corrected chi connectivity index (χ4v) is 1.62. The van der Waals surface area contributed by atoms with Crippen LogP contribution in [0.2, 0.25) is 0 Å². The summed E-state index contributed by atoms with van der Waals surface area (Å²) in [5.74, 6) is -0.240. The molecule has 0 atom stereocenters. The van der Waals surface area contributed by atoms with Crippen molar-refractivity contribution >= 4 is 17.3 Å². The molecule has 0 radical (unpaired) electrons. The van der Waals surface area contributed by atoms with E-state index in [1.807, 2.05) is 0 Å². The lowest BCUT2D eigenvalue weighted by Gasteiger charge is -2.08. The number of rotatable bonds is 4. The monoisotopic (exact) mass is 273 g/mol. The van der Waals surface area contributed by atoms with E-state index in [1.54, 1.807) is 18.3 Å². The standard InChI is InChI=1S/C13H11N3O4/c1-20-12-5-4-10(16(18)19)7-11(12)13(17)15-9-3-2-6-14-8-9/h2-8H,1H3,(H,15,17). The number of carbonyl (C=O) groups excluding carboxylic acids is 1. The second kappa shape index (κ2) is 5.79. The first-order chi connectivity index (χ1) is 9.61. The first-order valence-electron chi connectivity index (χ1n) is 5.65. The molecule has 0 saturated heterocycles. The number of benzene rings is 1. The predicted molar refractivity (Wildman–Crippen MR) is 71.8 cm³/mol. The number of carbonyl (C=O) groups is 1. The Hall–Kier alpha value is -2.96. The maximum atomic E-state index is 12.1. The number of hydrogen-bond acceptors (Lipinski definition) is 5. The van der Waals surface area contributed by atoms with Gasteiger partial charge in [0.2, 0.25) is 0 Å². The second-order valence-electron chi connectivity index (χ2n) is 3.84. The molecule has 0 aliphatic heterocycles. The van der Waals surface area contributed by atoms with E-state index in [0.717, 1.165) is 0 Å². The fraction of sp³-hybridized carbons (Fsp3) is 0.0769. The largest absolute Gasteiger partial charge is 0.496 e. The van der Waals surface area contributed by atoms with E-state index >= 15 is 0 Å². The number of methoxy groups -OCH3 is 1. The van der Waals surface area contributed by atoms with Gasteiger partial charge in [-0.3, -0.25) is 19.9 Å². The summed E-state index contributed by atoms with van der Waals surface area (Å²) in [7, 11) is 1.39. The molecule has 0 saturated carbocycles. The van der Waals surface area contributed by atoms with Gasteiger partial charge in [-0.25, -0.2) is 0 Å². The molecule has 0 aliphatic carbocycles. The zero-order chi connectivity index (χ0) is 14.5. The molecule has 102 valence electrons. The highest BCUT2D eigenvalue weighted by Crippen LogP contribution is 2.24. The minimum absolute atomic E-state index is 0.0885. The van der Waals surface area contributed by atoms with Crippen molar-refractivity contribution in [3.63, 3.8) is 0 Å². The van der Waals surface area contributed by atoms with Crippen LogP contribution in [0.25, 0.3) is 0 Å². The molecule has 20 heavy (non-hydrogen) atoms. The maximum Gasteiger partial charge on any atom is 0.270 e. The van der Waals surface area contributed by atoms with Crippen molar-refractivity contribution in [2.45, 2.75) is 0 Å². The number of amides is 1. The number of aromatic nitrogens is 1. The number of nitrogens with one attached hydrogen (secondary N) is 1. The molecule has 7 heteroatoms. The minimum Gasteiger partial charge on any atom is -0.496 e. The molecule has 0 spiro atoms. The van der Waals surface area contributed by atoms with Crippen LogP contribution in [0, 0.1) is 10.1 Å². The summed E-state index contributed by atoms with van der Waals surface area (Å²) in [6.45, 7) is 0. The Morgan fingerprint density at radius 1 is 1.40 bits per heavy atom. The van der Waals surface area contributed by atoms with Crippen molar-refractivity contribution in [2.75, 3.05) is 12.4 Å². The van der Waals surface area contributed by atoms with Gasteiger partial charge in [-0.2, -0.15) is 0 Å². The van der Waals surface area contributed by atoms with Gasteiger partial charge in [0, 0.05) is 18.3 Å². The molecule has 2 aromatic rings. The van der Waals surface area contributed by atoms with Gasteiger partial charge < -0.3 is 10.1 Å². The molecular weight excluding hydrogens is 262 g/mol. The number of nitrogens with zero attached hydrogens (tertiary/aromatic N) is 2. The van der Waals surface area contributed by atoms with Crippen LogP contribution in [0.15, 0.2) is 42.7 Å². The molecule has 1 N–H and O–H groups in total. The van der Waals surface area contributed by atoms with Gasteiger partial charge >= 0.3 is 0 Å². The average Bonchev–Trinajstić information content (AvgIpc) is 2.47. The third kappa shape index (κ3) is 2.89. The normalized spacial score (nSPS) is 9.85. The number of nitro benzene ring substituents is 1. The number of anilines is 1. The van der Waals surface area contributed by atoms with E-state index in [1.165, 1.54) is 31.5 Å². The summed E-state index contributed by atoms with van der Waals surface area (Å²) in [5.41, 5.74) is 0.402. The van der Waals surface area contributed by atoms with Crippen LogP contribution in [0.4, 0.5) is 11.4 Å². The molecule has 1 amide bonds. The first kappa shape index (κ1) is 13.5. The van der Waals surface area contributed by atoms with Gasteiger partial charge in [0.25, 0.3) is 11.6 Å². The van der Waals surface area contributed by atoms with Gasteiger partial charge in [0.1, 0.15) is 5.75 Å². The van der Waals surface area contributed by atoms with Crippen molar-refractivity contribution in [1.29, 1.82) is 0 Å². The number of non-ortho nitro benzene ring substituents is 1. The Balaban J connectivity index is 2.32. The highest BCUT2D eigenvalue weighted by atomic mass is 16.6. The second-order valence-corrected chi connectivity index (χ2v) is 3.84. The zero-order valence-corrected chi connectivity index (χ0v) is 10.6. The number of pyridine rings is 1. The topological polar surface area (TPSA) is 94.4 Å². The molecule has 0 fully saturated rings. The molecule has 1 aromatic carbocycles. The molecule has 0 aliphatic rings. The fourth-order valence-electron chi connectivity index (χ4n) is 1.62. The number of nitro groups is 1. The van der Waals surface area contributed by atoms with Crippen molar-refractivity contribution in [1.82, 2.24) is 4.98 Å². The highest BCUT2D eigenvalue weighted by Gasteiger charge is 2.17. The lowest BCUT2D eigenvalue weighted by molar-refractivity contribution is -0.384. The van der Waals surface area contributed by atoms with Crippen molar-refractivity contribution in [2.24, 2.45) is 0 Å². The Bertz CT molecular complexity index is 643. The van der Waals surface area contributed by atoms with Crippen LogP contribution in [0.3, 0.4) is 0 Å². The molecule has 1 heterocycles. The lowest BCUT2D eigenvalue weighted by atomic mass is 10.1. The Labute approximate surface area is 114 Å². The average molecular weight is 273 g/mol. The van der Waals surface area contributed by atoms with E-state index in [9.17, 15) is 14.9 Å². The van der Waals surface area contributed by atoms with Crippen LogP contribution in [-0.4, -0.2) is 22.9 Å². The maximum absolute atomic E-state index is 12.1. The molecule has 1 aromatic heterocycles. The Kier molecular flexibility index (Phi) is 3.90. The molecule has 2 rings (SSSR count). The highest BCUT2D eigenvalue weighted by molar-refractivity contribution is 6.06. The minimum atomic E-state index is -0.569. The molecule has 0 unspecified atom stereocenters. The van der Waals surface area contributed by atoms with E-state index in [-0.39, 0.29) is 17.0 Å². The SMILES string of the molecule is COc1ccc([N+](=O)[O-])cc1C(=O)Nc1cccnc1. The summed E-state index contributed by atoms with van der Waals surface area (Å²) in [5, 5.41) is 13.4. The van der Waals surface area contributed by atoms with Gasteiger partial charge in [0.05, 0.1) is 29.5 Å². The Morgan fingerprint density at radius 3 is 2.80 bits per heavy atom. The van der Waals surface area contributed by atoms with Gasteiger partial charge in [0.15, 0.2) is 0 Å². The summed E-state index contributed by atoms with van der Waals surface area (Å²) in [6.07, 6.45) is 3.05. The van der Waals surface area contributed by atoms with Crippen molar-refractivity contribution in [3.8, 4) is 5.75 Å². The van der Waals surface area contributed by atoms with Crippen LogP contribution in [0.5, 0.6) is 5.75 Å². The van der Waals surface area contributed by atoms with Gasteiger partial charge in [-0.15, -0.1) is 0 Å². The molecular formula is C13H11N3O4. The van der Waals surface area contributed by atoms with Crippen LogP contribution < -0.4 is 10.1 Å². The summed E-state index contributed by atoms with van der Waals surface area (Å²) in [6, 6.07) is 7.16. The zero-order valence-electron chi connectivity index (χ0n) is 10.6. The first-order valence-corrected chi connectivity index (χ1v) is 5.65. The summed E-state index contributed by atoms with van der Waals surface area (Å²) >= 11 is 0. The van der Waals surface area contributed by atoms with E-state index in [2.05, 4.69) is 10.3 Å².